The van der Waals surface area contributed by atoms with Crippen LogP contribution in [0, 0.1) is 5.82 Å². The highest BCUT2D eigenvalue weighted by molar-refractivity contribution is 9.10. The van der Waals surface area contributed by atoms with Gasteiger partial charge in [0.05, 0.1) is 23.4 Å². The molecule has 0 saturated carbocycles. The zero-order chi connectivity index (χ0) is 12.3. The second kappa shape index (κ2) is 5.65. The molecule has 2 rings (SSSR count). The monoisotopic (exact) mass is 299 g/mol. The van der Waals surface area contributed by atoms with Crippen LogP contribution in [-0.4, -0.2) is 13.7 Å². The summed E-state index contributed by atoms with van der Waals surface area (Å²) in [6, 6.07) is 5.10. The van der Waals surface area contributed by atoms with Crippen molar-refractivity contribution in [1.29, 1.82) is 0 Å². The quantitative estimate of drug-likeness (QED) is 0.922. The van der Waals surface area contributed by atoms with E-state index < -0.39 is 0 Å². The van der Waals surface area contributed by atoms with Gasteiger partial charge in [-0.1, -0.05) is 12.1 Å². The van der Waals surface area contributed by atoms with Crippen LogP contribution in [0.3, 0.4) is 0 Å². The highest BCUT2D eigenvalue weighted by Gasteiger charge is 2.20. The van der Waals surface area contributed by atoms with Crippen LogP contribution in [0.4, 0.5) is 4.39 Å². The van der Waals surface area contributed by atoms with Crippen molar-refractivity contribution in [3.63, 3.8) is 0 Å². The minimum atomic E-state index is -0.236. The Labute approximate surface area is 109 Å². The maximum Gasteiger partial charge on any atom is 0.137 e. The number of nitrogens with one attached hydrogen (secondary N) is 1. The molecule has 0 saturated heterocycles. The Hall–Kier alpha value is -0.870. The van der Waals surface area contributed by atoms with E-state index in [0.29, 0.717) is 4.47 Å². The van der Waals surface area contributed by atoms with Gasteiger partial charge in [-0.3, -0.25) is 0 Å². The molecule has 0 radical (unpaired) electrons. The highest BCUT2D eigenvalue weighted by atomic mass is 79.9. The van der Waals surface area contributed by atoms with E-state index in [1.807, 2.05) is 13.1 Å². The lowest BCUT2D eigenvalue weighted by molar-refractivity contribution is 0.220. The van der Waals surface area contributed by atoms with Gasteiger partial charge in [-0.05, 0) is 53.0 Å². The molecule has 4 heteroatoms. The number of hydrogen-bond donors (Lipinski definition) is 1. The van der Waals surface area contributed by atoms with Crippen LogP contribution in [0.2, 0.25) is 0 Å². The first kappa shape index (κ1) is 12.6. The standard InChI is InChI=1S/C13H15BrFNO/c1-16-13(9-4-3-7-17-8-9)10-5-2-6-11(15)12(10)14/h2,5-6,8,13,16H,3-4,7H2,1H3. The van der Waals surface area contributed by atoms with E-state index in [4.69, 9.17) is 4.74 Å². The summed E-state index contributed by atoms with van der Waals surface area (Å²) >= 11 is 3.31. The molecule has 1 heterocycles. The molecule has 1 unspecified atom stereocenters. The Morgan fingerprint density at radius 3 is 2.94 bits per heavy atom. The lowest BCUT2D eigenvalue weighted by atomic mass is 9.95. The molecule has 17 heavy (non-hydrogen) atoms. The van der Waals surface area contributed by atoms with Crippen LogP contribution >= 0.6 is 15.9 Å². The Morgan fingerprint density at radius 1 is 1.47 bits per heavy atom. The minimum absolute atomic E-state index is 0.000347. The summed E-state index contributed by atoms with van der Waals surface area (Å²) in [7, 11) is 1.87. The molecule has 1 aliphatic rings. The SMILES string of the molecule is CNC(C1=COCCC1)c1cccc(F)c1Br. The van der Waals surface area contributed by atoms with Crippen LogP contribution < -0.4 is 5.32 Å². The van der Waals surface area contributed by atoms with Crippen LogP contribution in [0.5, 0.6) is 0 Å². The third kappa shape index (κ3) is 2.69. The maximum atomic E-state index is 13.5. The van der Waals surface area contributed by atoms with Gasteiger partial charge >= 0.3 is 0 Å². The Morgan fingerprint density at radius 2 is 2.29 bits per heavy atom. The van der Waals surface area contributed by atoms with Gasteiger partial charge in [0.2, 0.25) is 0 Å². The van der Waals surface area contributed by atoms with Gasteiger partial charge < -0.3 is 10.1 Å². The van der Waals surface area contributed by atoms with E-state index in [0.717, 1.165) is 30.6 Å². The predicted molar refractivity (Wildman–Crippen MR) is 69.2 cm³/mol. The van der Waals surface area contributed by atoms with Crippen LogP contribution in [0.25, 0.3) is 0 Å². The van der Waals surface area contributed by atoms with Crippen molar-refractivity contribution in [1.82, 2.24) is 5.32 Å². The van der Waals surface area contributed by atoms with E-state index in [-0.39, 0.29) is 11.9 Å². The molecule has 0 bridgehead atoms. The van der Waals surface area contributed by atoms with E-state index in [1.54, 1.807) is 12.3 Å². The zero-order valence-corrected chi connectivity index (χ0v) is 11.3. The molecular formula is C13H15BrFNO. The van der Waals surface area contributed by atoms with Gasteiger partial charge in [0.25, 0.3) is 0 Å². The topological polar surface area (TPSA) is 21.3 Å². The molecule has 92 valence electrons. The summed E-state index contributed by atoms with van der Waals surface area (Å²) in [6.45, 7) is 0.768. The van der Waals surface area contributed by atoms with Gasteiger partial charge in [0, 0.05) is 0 Å². The average molecular weight is 300 g/mol. The van der Waals surface area contributed by atoms with Crippen molar-refractivity contribution in [2.24, 2.45) is 0 Å². The minimum Gasteiger partial charge on any atom is -0.501 e. The molecule has 2 nitrogen and oxygen atoms in total. The van der Waals surface area contributed by atoms with Crippen molar-refractivity contribution < 1.29 is 9.13 Å². The highest BCUT2D eigenvalue weighted by Crippen LogP contribution is 2.33. The molecular weight excluding hydrogens is 285 g/mol. The summed E-state index contributed by atoms with van der Waals surface area (Å²) in [6.07, 6.45) is 3.79. The van der Waals surface area contributed by atoms with Crippen molar-refractivity contribution in [3.05, 3.63) is 45.9 Å². The smallest absolute Gasteiger partial charge is 0.137 e. The Bertz CT molecular complexity index is 433. The molecule has 1 aromatic carbocycles. The largest absolute Gasteiger partial charge is 0.501 e. The lowest BCUT2D eigenvalue weighted by Crippen LogP contribution is -2.21. The third-order valence-electron chi connectivity index (χ3n) is 2.91. The first-order chi connectivity index (χ1) is 8.24. The van der Waals surface area contributed by atoms with Crippen molar-refractivity contribution in [2.45, 2.75) is 18.9 Å². The predicted octanol–water partition coefficient (Wildman–Crippen LogP) is 3.54. The fraction of sp³-hybridized carbons (Fsp3) is 0.385. The fourth-order valence-corrected chi connectivity index (χ4v) is 2.57. The van der Waals surface area contributed by atoms with Crippen LogP contribution in [0.15, 0.2) is 34.5 Å². The second-order valence-electron chi connectivity index (χ2n) is 4.03. The van der Waals surface area contributed by atoms with E-state index >= 15 is 0 Å². The van der Waals surface area contributed by atoms with Crippen LogP contribution in [0.1, 0.15) is 24.4 Å². The van der Waals surface area contributed by atoms with Gasteiger partial charge in [-0.25, -0.2) is 4.39 Å². The van der Waals surface area contributed by atoms with Gasteiger partial charge in [-0.15, -0.1) is 0 Å². The molecule has 1 aliphatic heterocycles. The van der Waals surface area contributed by atoms with Gasteiger partial charge in [-0.2, -0.15) is 0 Å². The van der Waals surface area contributed by atoms with Crippen molar-refractivity contribution in [2.75, 3.05) is 13.7 Å². The van der Waals surface area contributed by atoms with E-state index in [9.17, 15) is 4.39 Å². The first-order valence-corrected chi connectivity index (χ1v) is 6.45. The number of rotatable bonds is 3. The molecule has 0 spiro atoms. The summed E-state index contributed by atoms with van der Waals surface area (Å²) in [5.41, 5.74) is 2.06. The molecule has 0 amide bonds. The molecule has 1 atom stereocenters. The summed E-state index contributed by atoms with van der Waals surface area (Å²) < 4.78 is 19.4. The molecule has 1 N–H and O–H groups in total. The summed E-state index contributed by atoms with van der Waals surface area (Å²) in [5, 5.41) is 3.21. The Kier molecular flexibility index (Phi) is 4.18. The normalized spacial score (nSPS) is 17.2. The van der Waals surface area contributed by atoms with Crippen LogP contribution in [-0.2, 0) is 4.74 Å². The second-order valence-corrected chi connectivity index (χ2v) is 4.82. The number of likely N-dealkylation sites (N-methyl/N-ethyl adjacent to an activating group) is 1. The fourth-order valence-electron chi connectivity index (χ4n) is 2.08. The Balaban J connectivity index is 2.34. The van der Waals surface area contributed by atoms with Crippen molar-refractivity contribution >= 4 is 15.9 Å². The number of hydrogen-bond acceptors (Lipinski definition) is 2. The summed E-state index contributed by atoms with van der Waals surface area (Å²) in [5.74, 6) is -0.236. The number of benzene rings is 1. The molecule has 1 aromatic rings. The number of halogens is 2. The number of ether oxygens (including phenoxy) is 1. The lowest BCUT2D eigenvalue weighted by Gasteiger charge is -2.24. The van der Waals surface area contributed by atoms with Crippen molar-refractivity contribution in [3.8, 4) is 0 Å². The maximum absolute atomic E-state index is 13.5. The third-order valence-corrected chi connectivity index (χ3v) is 3.75. The summed E-state index contributed by atoms with van der Waals surface area (Å²) in [4.78, 5) is 0. The molecule has 0 aliphatic carbocycles. The van der Waals surface area contributed by atoms with Gasteiger partial charge in [0.15, 0.2) is 0 Å². The zero-order valence-electron chi connectivity index (χ0n) is 9.67. The van der Waals surface area contributed by atoms with E-state index in [1.165, 1.54) is 6.07 Å². The molecule has 0 fully saturated rings. The first-order valence-electron chi connectivity index (χ1n) is 5.65. The molecule has 0 aromatic heterocycles. The van der Waals surface area contributed by atoms with Gasteiger partial charge in [0.1, 0.15) is 5.82 Å². The van der Waals surface area contributed by atoms with E-state index in [2.05, 4.69) is 21.2 Å². The average Bonchev–Trinajstić information content (AvgIpc) is 2.37.